The van der Waals surface area contributed by atoms with Crippen molar-refractivity contribution in [3.05, 3.63) is 76.7 Å². The van der Waals surface area contributed by atoms with Crippen LogP contribution >= 0.6 is 0 Å². The number of likely N-dealkylation sites (tertiary alicyclic amines) is 1. The summed E-state index contributed by atoms with van der Waals surface area (Å²) in [5.41, 5.74) is 6.03. The maximum Gasteiger partial charge on any atom is 0.255 e. The highest BCUT2D eigenvalue weighted by Gasteiger charge is 2.42. The molecular weight excluding hydrogens is 374 g/mol. The standard InChI is InChI=1S/C25H27N3O2/c1-16-23(17(2)30-26-16)19-9-10-21-22(15-19)24(18-7-5-4-6-8-18)28(25(21)29)20-11-13-27(3)14-12-20/h4-10,15,20,24H,11-14H2,1-3H3. The van der Waals surface area contributed by atoms with E-state index in [1.165, 1.54) is 5.56 Å². The van der Waals surface area contributed by atoms with Crippen molar-refractivity contribution >= 4 is 5.91 Å². The zero-order valence-corrected chi connectivity index (χ0v) is 17.8. The van der Waals surface area contributed by atoms with Crippen LogP contribution in [0.2, 0.25) is 0 Å². The zero-order valence-electron chi connectivity index (χ0n) is 17.8. The fourth-order valence-corrected chi connectivity index (χ4v) is 5.07. The average molecular weight is 402 g/mol. The molecule has 2 aliphatic heterocycles. The van der Waals surface area contributed by atoms with E-state index in [1.54, 1.807) is 0 Å². The number of piperidine rings is 1. The summed E-state index contributed by atoms with van der Waals surface area (Å²) in [6.45, 7) is 5.95. The number of carbonyl (C=O) groups is 1. The van der Waals surface area contributed by atoms with Crippen molar-refractivity contribution < 1.29 is 9.32 Å². The summed E-state index contributed by atoms with van der Waals surface area (Å²) in [7, 11) is 2.15. The highest BCUT2D eigenvalue weighted by molar-refractivity contribution is 6.00. The number of amides is 1. The van der Waals surface area contributed by atoms with Gasteiger partial charge in [-0.15, -0.1) is 0 Å². The van der Waals surface area contributed by atoms with Crippen LogP contribution in [-0.4, -0.2) is 47.0 Å². The predicted octanol–water partition coefficient (Wildman–Crippen LogP) is 4.60. The number of benzene rings is 2. The van der Waals surface area contributed by atoms with E-state index in [0.717, 1.165) is 59.6 Å². The number of nitrogens with zero attached hydrogens (tertiary/aromatic N) is 3. The van der Waals surface area contributed by atoms with E-state index in [9.17, 15) is 4.79 Å². The number of fused-ring (bicyclic) bond motifs is 1. The summed E-state index contributed by atoms with van der Waals surface area (Å²) in [5, 5.41) is 4.12. The van der Waals surface area contributed by atoms with Crippen LogP contribution < -0.4 is 0 Å². The third-order valence-corrected chi connectivity index (χ3v) is 6.61. The fraction of sp³-hybridized carbons (Fsp3) is 0.360. The number of hydrogen-bond acceptors (Lipinski definition) is 4. The van der Waals surface area contributed by atoms with Gasteiger partial charge in [0.2, 0.25) is 0 Å². The number of aryl methyl sites for hydroxylation is 2. The smallest absolute Gasteiger partial charge is 0.255 e. The Bertz CT molecular complexity index is 1060. The topological polar surface area (TPSA) is 49.6 Å². The number of aromatic nitrogens is 1. The summed E-state index contributed by atoms with van der Waals surface area (Å²) < 4.78 is 5.40. The number of rotatable bonds is 3. The van der Waals surface area contributed by atoms with E-state index in [0.29, 0.717) is 0 Å². The second-order valence-electron chi connectivity index (χ2n) is 8.56. The maximum absolute atomic E-state index is 13.6. The van der Waals surface area contributed by atoms with Crippen LogP contribution in [0.1, 0.15) is 51.8 Å². The molecule has 2 aromatic carbocycles. The van der Waals surface area contributed by atoms with Gasteiger partial charge in [0.25, 0.3) is 5.91 Å². The van der Waals surface area contributed by atoms with Crippen molar-refractivity contribution in [2.75, 3.05) is 20.1 Å². The van der Waals surface area contributed by atoms with E-state index in [4.69, 9.17) is 4.52 Å². The number of hydrogen-bond donors (Lipinski definition) is 0. The molecule has 30 heavy (non-hydrogen) atoms. The van der Waals surface area contributed by atoms with Gasteiger partial charge in [0.1, 0.15) is 5.76 Å². The summed E-state index contributed by atoms with van der Waals surface area (Å²) in [6.07, 6.45) is 2.02. The van der Waals surface area contributed by atoms with Crippen LogP contribution in [0.15, 0.2) is 53.1 Å². The molecule has 5 heteroatoms. The molecule has 0 N–H and O–H groups in total. The molecule has 0 bridgehead atoms. The van der Waals surface area contributed by atoms with E-state index >= 15 is 0 Å². The third-order valence-electron chi connectivity index (χ3n) is 6.61. The molecule has 1 saturated heterocycles. The van der Waals surface area contributed by atoms with Gasteiger partial charge in [0.15, 0.2) is 0 Å². The van der Waals surface area contributed by atoms with Crippen molar-refractivity contribution in [1.82, 2.24) is 15.0 Å². The molecule has 0 radical (unpaired) electrons. The Morgan fingerprint density at radius 3 is 2.43 bits per heavy atom. The average Bonchev–Trinajstić information content (AvgIpc) is 3.25. The highest BCUT2D eigenvalue weighted by Crippen LogP contribution is 2.43. The van der Waals surface area contributed by atoms with Gasteiger partial charge in [-0.1, -0.05) is 41.6 Å². The minimum Gasteiger partial charge on any atom is -0.361 e. The van der Waals surface area contributed by atoms with Crippen LogP contribution in [0.25, 0.3) is 11.1 Å². The quantitative estimate of drug-likeness (QED) is 0.644. The van der Waals surface area contributed by atoms with Crippen molar-refractivity contribution in [3.63, 3.8) is 0 Å². The summed E-state index contributed by atoms with van der Waals surface area (Å²) in [6, 6.07) is 16.8. The first kappa shape index (κ1) is 19.1. The lowest BCUT2D eigenvalue weighted by atomic mass is 9.92. The second kappa shape index (κ2) is 7.40. The molecule has 154 valence electrons. The molecule has 3 aromatic rings. The lowest BCUT2D eigenvalue weighted by Gasteiger charge is -2.38. The summed E-state index contributed by atoms with van der Waals surface area (Å²) in [4.78, 5) is 18.1. The molecule has 0 spiro atoms. The van der Waals surface area contributed by atoms with E-state index < -0.39 is 0 Å². The van der Waals surface area contributed by atoms with E-state index in [1.807, 2.05) is 32.0 Å². The Labute approximate surface area is 177 Å². The molecule has 1 atom stereocenters. The molecule has 0 saturated carbocycles. The molecule has 2 aliphatic rings. The van der Waals surface area contributed by atoms with Crippen LogP contribution in [-0.2, 0) is 0 Å². The monoisotopic (exact) mass is 401 g/mol. The zero-order chi connectivity index (χ0) is 20.8. The van der Waals surface area contributed by atoms with E-state index in [-0.39, 0.29) is 18.0 Å². The van der Waals surface area contributed by atoms with Gasteiger partial charge >= 0.3 is 0 Å². The largest absolute Gasteiger partial charge is 0.361 e. The van der Waals surface area contributed by atoms with E-state index in [2.05, 4.69) is 52.3 Å². The van der Waals surface area contributed by atoms with Gasteiger partial charge in [-0.05, 0) is 75.6 Å². The molecule has 1 aromatic heterocycles. The van der Waals surface area contributed by atoms with Gasteiger partial charge in [-0.2, -0.15) is 0 Å². The van der Waals surface area contributed by atoms with Crippen molar-refractivity contribution in [1.29, 1.82) is 0 Å². The molecule has 5 nitrogen and oxygen atoms in total. The lowest BCUT2D eigenvalue weighted by Crippen LogP contribution is -2.45. The third kappa shape index (κ3) is 3.05. The van der Waals surface area contributed by atoms with Gasteiger partial charge in [0.05, 0.1) is 11.7 Å². The fourth-order valence-electron chi connectivity index (χ4n) is 5.07. The first-order valence-corrected chi connectivity index (χ1v) is 10.7. The first-order chi connectivity index (χ1) is 14.5. The maximum atomic E-state index is 13.6. The van der Waals surface area contributed by atoms with Crippen LogP contribution in [0, 0.1) is 13.8 Å². The summed E-state index contributed by atoms with van der Waals surface area (Å²) >= 11 is 0. The molecule has 1 fully saturated rings. The molecule has 0 aliphatic carbocycles. The van der Waals surface area contributed by atoms with Gasteiger partial charge in [0, 0.05) is 17.2 Å². The summed E-state index contributed by atoms with van der Waals surface area (Å²) in [5.74, 6) is 0.957. The Morgan fingerprint density at radius 2 is 1.77 bits per heavy atom. The first-order valence-electron chi connectivity index (χ1n) is 10.7. The Kier molecular flexibility index (Phi) is 4.70. The van der Waals surface area contributed by atoms with Crippen LogP contribution in [0.4, 0.5) is 0 Å². The van der Waals surface area contributed by atoms with Crippen LogP contribution in [0.3, 0.4) is 0 Å². The van der Waals surface area contributed by atoms with Crippen molar-refractivity contribution in [2.45, 2.75) is 38.8 Å². The normalized spacial score (nSPS) is 20.0. The van der Waals surface area contributed by atoms with Gasteiger partial charge in [-0.3, -0.25) is 4.79 Å². The Morgan fingerprint density at radius 1 is 1.03 bits per heavy atom. The predicted molar refractivity (Wildman–Crippen MR) is 116 cm³/mol. The highest BCUT2D eigenvalue weighted by atomic mass is 16.5. The second-order valence-corrected chi connectivity index (χ2v) is 8.56. The molecular formula is C25H27N3O2. The van der Waals surface area contributed by atoms with Crippen LogP contribution in [0.5, 0.6) is 0 Å². The molecule has 3 heterocycles. The van der Waals surface area contributed by atoms with Crippen molar-refractivity contribution in [2.24, 2.45) is 0 Å². The molecule has 1 unspecified atom stereocenters. The minimum atomic E-state index is -0.0532. The van der Waals surface area contributed by atoms with Gasteiger partial charge < -0.3 is 14.3 Å². The Hall–Kier alpha value is -2.92. The van der Waals surface area contributed by atoms with Gasteiger partial charge in [-0.25, -0.2) is 0 Å². The van der Waals surface area contributed by atoms with Crippen molar-refractivity contribution in [3.8, 4) is 11.1 Å². The minimum absolute atomic E-state index is 0.0532. The number of carbonyl (C=O) groups excluding carboxylic acids is 1. The lowest BCUT2D eigenvalue weighted by molar-refractivity contribution is 0.0564. The Balaban J connectivity index is 1.63. The SMILES string of the molecule is Cc1noc(C)c1-c1ccc2c(c1)C(c1ccccc1)N(C1CCN(C)CC1)C2=O. The molecule has 1 amide bonds. The molecule has 5 rings (SSSR count).